The highest BCUT2D eigenvalue weighted by atomic mass is 32.2. The zero-order chi connectivity index (χ0) is 15.0. The number of primary amides is 1. The van der Waals surface area contributed by atoms with Crippen molar-refractivity contribution in [2.45, 2.75) is 18.8 Å². The number of thioether (sulfide) groups is 1. The molecule has 110 valence electrons. The molecule has 20 heavy (non-hydrogen) atoms. The molecule has 1 aromatic carbocycles. The Bertz CT molecular complexity index is 455. The molecule has 0 saturated carbocycles. The minimum Gasteiger partial charge on any atom is -0.435 e. The van der Waals surface area contributed by atoms with Crippen LogP contribution in [0.1, 0.15) is 12.0 Å². The van der Waals surface area contributed by atoms with Crippen molar-refractivity contribution in [1.82, 2.24) is 5.32 Å². The number of nitrogens with two attached hydrogens (primary N) is 1. The predicted molar refractivity (Wildman–Crippen MR) is 71.6 cm³/mol. The number of rotatable bonds is 7. The molecule has 0 saturated heterocycles. The van der Waals surface area contributed by atoms with E-state index in [0.717, 1.165) is 5.56 Å². The molecule has 0 bridgehead atoms. The first-order valence-electron chi connectivity index (χ1n) is 5.68. The highest BCUT2D eigenvalue weighted by Crippen LogP contribution is 2.18. The van der Waals surface area contributed by atoms with Crippen LogP contribution >= 0.6 is 11.8 Å². The first-order chi connectivity index (χ1) is 9.47. The molecule has 0 unspecified atom stereocenters. The van der Waals surface area contributed by atoms with Crippen LogP contribution in [0.3, 0.4) is 0 Å². The summed E-state index contributed by atoms with van der Waals surface area (Å²) in [6.45, 7) is -2.83. The van der Waals surface area contributed by atoms with Crippen molar-refractivity contribution >= 4 is 23.7 Å². The summed E-state index contributed by atoms with van der Waals surface area (Å²) in [7, 11) is 0. The maximum absolute atomic E-state index is 11.9. The highest BCUT2D eigenvalue weighted by molar-refractivity contribution is 7.98. The van der Waals surface area contributed by atoms with E-state index in [1.807, 2.05) is 5.32 Å². The van der Waals surface area contributed by atoms with E-state index in [-0.39, 0.29) is 12.2 Å². The van der Waals surface area contributed by atoms with Crippen LogP contribution in [0.15, 0.2) is 24.3 Å². The number of nitrogens with one attached hydrogen (secondary N) is 1. The third kappa shape index (κ3) is 6.93. The molecule has 0 atom stereocenters. The Hall–Kier alpha value is -1.83. The largest absolute Gasteiger partial charge is 0.435 e. The zero-order valence-corrected chi connectivity index (χ0v) is 11.3. The lowest BCUT2D eigenvalue weighted by Gasteiger charge is -2.06. The molecule has 0 aliphatic rings. The molecule has 1 rings (SSSR count). The van der Waals surface area contributed by atoms with E-state index in [1.54, 1.807) is 12.1 Å². The van der Waals surface area contributed by atoms with Crippen LogP contribution in [0, 0.1) is 0 Å². The van der Waals surface area contributed by atoms with Crippen LogP contribution in [0.2, 0.25) is 0 Å². The summed E-state index contributed by atoms with van der Waals surface area (Å²) in [4.78, 5) is 21.5. The third-order valence-electron chi connectivity index (χ3n) is 2.15. The smallest absolute Gasteiger partial charge is 0.387 e. The zero-order valence-electron chi connectivity index (χ0n) is 10.5. The lowest BCUT2D eigenvalue weighted by molar-refractivity contribution is -0.119. The number of hydrogen-bond acceptors (Lipinski definition) is 4. The van der Waals surface area contributed by atoms with Crippen molar-refractivity contribution in [1.29, 1.82) is 0 Å². The molecule has 5 nitrogen and oxygen atoms in total. The molecule has 0 heterocycles. The minimum absolute atomic E-state index is 0.106. The van der Waals surface area contributed by atoms with Gasteiger partial charge in [-0.2, -0.15) is 20.5 Å². The molecule has 0 radical (unpaired) electrons. The fourth-order valence-corrected chi connectivity index (χ4v) is 2.22. The van der Waals surface area contributed by atoms with Crippen molar-refractivity contribution in [3.63, 3.8) is 0 Å². The van der Waals surface area contributed by atoms with E-state index in [2.05, 4.69) is 4.74 Å². The van der Waals surface area contributed by atoms with Gasteiger partial charge in [-0.3, -0.25) is 10.1 Å². The van der Waals surface area contributed by atoms with Crippen molar-refractivity contribution in [2.75, 3.05) is 5.75 Å². The number of halogens is 2. The summed E-state index contributed by atoms with van der Waals surface area (Å²) in [5, 5.41) is 1.97. The Labute approximate surface area is 118 Å². The van der Waals surface area contributed by atoms with Gasteiger partial charge in [-0.05, 0) is 17.7 Å². The summed E-state index contributed by atoms with van der Waals surface area (Å²) in [5.41, 5.74) is 5.72. The summed E-state index contributed by atoms with van der Waals surface area (Å²) in [5.74, 6) is 0.827. The van der Waals surface area contributed by atoms with Gasteiger partial charge in [-0.15, -0.1) is 0 Å². The maximum Gasteiger partial charge on any atom is 0.387 e. The molecule has 0 aromatic heterocycles. The van der Waals surface area contributed by atoms with Gasteiger partial charge in [-0.1, -0.05) is 12.1 Å². The van der Waals surface area contributed by atoms with E-state index in [1.165, 1.54) is 23.9 Å². The topological polar surface area (TPSA) is 81.4 Å². The van der Waals surface area contributed by atoms with E-state index in [9.17, 15) is 18.4 Å². The van der Waals surface area contributed by atoms with Crippen molar-refractivity contribution in [2.24, 2.45) is 5.73 Å². The van der Waals surface area contributed by atoms with E-state index < -0.39 is 18.5 Å². The van der Waals surface area contributed by atoms with Gasteiger partial charge in [0.05, 0.1) is 0 Å². The number of urea groups is 1. The van der Waals surface area contributed by atoms with Crippen LogP contribution in [0.4, 0.5) is 13.6 Å². The van der Waals surface area contributed by atoms with Gasteiger partial charge in [0, 0.05) is 17.9 Å². The lowest BCUT2D eigenvalue weighted by atomic mass is 10.2. The summed E-state index contributed by atoms with van der Waals surface area (Å²) in [6.07, 6.45) is 0.181. The predicted octanol–water partition coefficient (Wildman–Crippen LogP) is 2.11. The molecule has 8 heteroatoms. The average Bonchev–Trinajstić information content (AvgIpc) is 2.35. The maximum atomic E-state index is 11.9. The second-order valence-electron chi connectivity index (χ2n) is 3.74. The number of benzene rings is 1. The van der Waals surface area contributed by atoms with Gasteiger partial charge in [0.15, 0.2) is 0 Å². The molecule has 0 fully saturated rings. The molecule has 0 aliphatic heterocycles. The number of alkyl halides is 2. The van der Waals surface area contributed by atoms with Crippen LogP contribution in [-0.4, -0.2) is 24.3 Å². The summed E-state index contributed by atoms with van der Waals surface area (Å²) in [6, 6.07) is 5.40. The molecule has 3 amide bonds. The van der Waals surface area contributed by atoms with Crippen molar-refractivity contribution in [3.8, 4) is 5.75 Å². The van der Waals surface area contributed by atoms with E-state index in [4.69, 9.17) is 5.73 Å². The Morgan fingerprint density at radius 2 is 1.95 bits per heavy atom. The van der Waals surface area contributed by atoms with Gasteiger partial charge in [0.1, 0.15) is 5.75 Å². The first-order valence-corrected chi connectivity index (χ1v) is 6.83. The van der Waals surface area contributed by atoms with Gasteiger partial charge in [0.2, 0.25) is 5.91 Å². The van der Waals surface area contributed by atoms with Gasteiger partial charge in [-0.25, -0.2) is 4.79 Å². The number of carbonyl (C=O) groups is 2. The normalized spacial score (nSPS) is 10.3. The second kappa shape index (κ2) is 8.36. The molecule has 3 N–H and O–H groups in total. The van der Waals surface area contributed by atoms with Crippen LogP contribution < -0.4 is 15.8 Å². The number of amides is 3. The molecular formula is C12H14F2N2O3S. The van der Waals surface area contributed by atoms with Crippen LogP contribution in [0.25, 0.3) is 0 Å². The quantitative estimate of drug-likeness (QED) is 0.756. The van der Waals surface area contributed by atoms with Gasteiger partial charge in [0.25, 0.3) is 0 Å². The Morgan fingerprint density at radius 1 is 1.30 bits per heavy atom. The fourth-order valence-electron chi connectivity index (χ4n) is 1.32. The Morgan fingerprint density at radius 3 is 2.50 bits per heavy atom. The summed E-state index contributed by atoms with van der Waals surface area (Å²) < 4.78 is 28.1. The van der Waals surface area contributed by atoms with Crippen LogP contribution in [0.5, 0.6) is 5.75 Å². The second-order valence-corrected chi connectivity index (χ2v) is 4.84. The Balaban J connectivity index is 2.25. The van der Waals surface area contributed by atoms with Gasteiger partial charge >= 0.3 is 12.6 Å². The lowest BCUT2D eigenvalue weighted by Crippen LogP contribution is -2.35. The molecule has 1 aromatic rings. The van der Waals surface area contributed by atoms with Crippen LogP contribution in [-0.2, 0) is 10.5 Å². The summed E-state index contributed by atoms with van der Waals surface area (Å²) >= 11 is 1.48. The van der Waals surface area contributed by atoms with Crippen molar-refractivity contribution < 1.29 is 23.1 Å². The number of hydrogen-bond donors (Lipinski definition) is 2. The third-order valence-corrected chi connectivity index (χ3v) is 3.18. The molecule has 0 aliphatic carbocycles. The monoisotopic (exact) mass is 304 g/mol. The fraction of sp³-hybridized carbons (Fsp3) is 0.333. The van der Waals surface area contributed by atoms with Gasteiger partial charge < -0.3 is 10.5 Å². The SMILES string of the molecule is NC(=O)NC(=O)CCSCc1ccc(OC(F)F)cc1. The number of ether oxygens (including phenoxy) is 1. The first kappa shape index (κ1) is 16.2. The standard InChI is InChI=1S/C12H14F2N2O3S/c13-11(14)19-9-3-1-8(2-4-9)7-20-6-5-10(17)16-12(15)18/h1-4,11H,5-7H2,(H3,15,16,17,18). The number of imide groups is 1. The van der Waals surface area contributed by atoms with E-state index in [0.29, 0.717) is 11.5 Å². The van der Waals surface area contributed by atoms with Crippen molar-refractivity contribution in [3.05, 3.63) is 29.8 Å². The Kier molecular flexibility index (Phi) is 6.78. The highest BCUT2D eigenvalue weighted by Gasteiger charge is 2.05. The minimum atomic E-state index is -2.83. The average molecular weight is 304 g/mol. The number of carbonyl (C=O) groups excluding carboxylic acids is 2. The molecular weight excluding hydrogens is 290 g/mol. The van der Waals surface area contributed by atoms with E-state index >= 15 is 0 Å². The molecule has 0 spiro atoms.